The molecule has 0 amide bonds. The molecule has 1 aliphatic rings. The van der Waals surface area contributed by atoms with Crippen LogP contribution in [0.5, 0.6) is 0 Å². The van der Waals surface area contributed by atoms with Crippen LogP contribution in [-0.2, 0) is 16.1 Å². The molecule has 0 spiro atoms. The van der Waals surface area contributed by atoms with Crippen molar-refractivity contribution in [3.8, 4) is 0 Å². The van der Waals surface area contributed by atoms with Gasteiger partial charge in [-0.1, -0.05) is 6.07 Å². The van der Waals surface area contributed by atoms with Crippen molar-refractivity contribution in [3.63, 3.8) is 0 Å². The SMILES string of the molecule is O=C(O)c1ncccc1COCC1CCOC1. The molecular weight excluding hydrogens is 222 g/mol. The third-order valence-corrected chi connectivity index (χ3v) is 2.73. The largest absolute Gasteiger partial charge is 0.477 e. The Kier molecular flexibility index (Phi) is 4.06. The summed E-state index contributed by atoms with van der Waals surface area (Å²) in [5.74, 6) is -0.589. The first-order chi connectivity index (χ1) is 8.27. The van der Waals surface area contributed by atoms with Gasteiger partial charge in [0.15, 0.2) is 5.69 Å². The average molecular weight is 237 g/mol. The molecule has 1 aliphatic heterocycles. The van der Waals surface area contributed by atoms with Crippen molar-refractivity contribution in [2.45, 2.75) is 13.0 Å². The molecule has 1 fully saturated rings. The van der Waals surface area contributed by atoms with E-state index >= 15 is 0 Å². The van der Waals surface area contributed by atoms with Crippen molar-refractivity contribution in [1.29, 1.82) is 0 Å². The monoisotopic (exact) mass is 237 g/mol. The molecule has 5 nitrogen and oxygen atoms in total. The number of hydrogen-bond donors (Lipinski definition) is 1. The molecule has 5 heteroatoms. The quantitative estimate of drug-likeness (QED) is 0.836. The fourth-order valence-corrected chi connectivity index (χ4v) is 1.80. The van der Waals surface area contributed by atoms with Gasteiger partial charge < -0.3 is 14.6 Å². The highest BCUT2D eigenvalue weighted by Crippen LogP contribution is 2.14. The van der Waals surface area contributed by atoms with Crippen LogP contribution in [0.3, 0.4) is 0 Å². The van der Waals surface area contributed by atoms with E-state index in [1.165, 1.54) is 6.20 Å². The van der Waals surface area contributed by atoms with Crippen LogP contribution in [-0.4, -0.2) is 35.9 Å². The van der Waals surface area contributed by atoms with Gasteiger partial charge in [0.05, 0.1) is 19.8 Å². The number of carboxylic acid groups (broad SMARTS) is 1. The molecule has 17 heavy (non-hydrogen) atoms. The fraction of sp³-hybridized carbons (Fsp3) is 0.500. The van der Waals surface area contributed by atoms with E-state index in [0.717, 1.165) is 19.6 Å². The molecule has 0 aliphatic carbocycles. The van der Waals surface area contributed by atoms with Crippen LogP contribution in [0.1, 0.15) is 22.5 Å². The lowest BCUT2D eigenvalue weighted by Crippen LogP contribution is -2.11. The Bertz CT molecular complexity index is 388. The highest BCUT2D eigenvalue weighted by Gasteiger charge is 2.16. The van der Waals surface area contributed by atoms with Crippen LogP contribution < -0.4 is 0 Å². The topological polar surface area (TPSA) is 68.7 Å². The second kappa shape index (κ2) is 5.75. The normalized spacial score (nSPS) is 19.4. The van der Waals surface area contributed by atoms with Crippen LogP contribution in [0.4, 0.5) is 0 Å². The second-order valence-corrected chi connectivity index (χ2v) is 4.06. The zero-order valence-corrected chi connectivity index (χ0v) is 9.46. The van der Waals surface area contributed by atoms with E-state index in [1.807, 2.05) is 0 Å². The van der Waals surface area contributed by atoms with Gasteiger partial charge in [-0.25, -0.2) is 9.78 Å². The summed E-state index contributed by atoms with van der Waals surface area (Å²) in [7, 11) is 0. The smallest absolute Gasteiger partial charge is 0.354 e. The lowest BCUT2D eigenvalue weighted by molar-refractivity contribution is 0.0658. The minimum Gasteiger partial charge on any atom is -0.477 e. The summed E-state index contributed by atoms with van der Waals surface area (Å²) in [6.07, 6.45) is 2.48. The number of aromatic nitrogens is 1. The summed E-state index contributed by atoms with van der Waals surface area (Å²) in [6.45, 7) is 2.42. The summed E-state index contributed by atoms with van der Waals surface area (Å²) in [5, 5.41) is 8.94. The Balaban J connectivity index is 1.87. The number of ether oxygens (including phenoxy) is 2. The molecule has 1 N–H and O–H groups in total. The van der Waals surface area contributed by atoms with Gasteiger partial charge in [-0.2, -0.15) is 0 Å². The van der Waals surface area contributed by atoms with E-state index in [-0.39, 0.29) is 12.3 Å². The van der Waals surface area contributed by atoms with Crippen LogP contribution in [0.2, 0.25) is 0 Å². The van der Waals surface area contributed by atoms with Crippen molar-refractivity contribution < 1.29 is 19.4 Å². The molecule has 1 atom stereocenters. The number of aromatic carboxylic acids is 1. The number of carbonyl (C=O) groups is 1. The molecule has 1 aromatic heterocycles. The predicted molar refractivity (Wildman–Crippen MR) is 59.8 cm³/mol. The zero-order valence-electron chi connectivity index (χ0n) is 9.46. The maximum absolute atomic E-state index is 10.9. The Morgan fingerprint density at radius 2 is 2.53 bits per heavy atom. The van der Waals surface area contributed by atoms with Crippen LogP contribution in [0.15, 0.2) is 18.3 Å². The Morgan fingerprint density at radius 1 is 1.65 bits per heavy atom. The molecule has 1 unspecified atom stereocenters. The van der Waals surface area contributed by atoms with Crippen LogP contribution in [0, 0.1) is 5.92 Å². The predicted octanol–water partition coefficient (Wildman–Crippen LogP) is 1.33. The van der Waals surface area contributed by atoms with Crippen LogP contribution in [0.25, 0.3) is 0 Å². The number of rotatable bonds is 5. The standard InChI is InChI=1S/C12H15NO4/c14-12(15)11-10(2-1-4-13-11)8-17-7-9-3-5-16-6-9/h1-2,4,9H,3,5-8H2,(H,14,15). The highest BCUT2D eigenvalue weighted by molar-refractivity contribution is 5.86. The first-order valence-corrected chi connectivity index (χ1v) is 5.60. The van der Waals surface area contributed by atoms with E-state index in [9.17, 15) is 4.79 Å². The molecular formula is C12H15NO4. The number of nitrogens with zero attached hydrogens (tertiary/aromatic N) is 1. The Morgan fingerprint density at radius 3 is 3.24 bits per heavy atom. The van der Waals surface area contributed by atoms with Gasteiger partial charge in [-0.3, -0.25) is 0 Å². The summed E-state index contributed by atoms with van der Waals surface area (Å²) < 4.78 is 10.7. The Hall–Kier alpha value is -1.46. The summed E-state index contributed by atoms with van der Waals surface area (Å²) in [6, 6.07) is 3.44. The molecule has 0 aromatic carbocycles. The minimum absolute atomic E-state index is 0.0650. The van der Waals surface area contributed by atoms with Gasteiger partial charge in [0.1, 0.15) is 0 Å². The van der Waals surface area contributed by atoms with Crippen LogP contribution >= 0.6 is 0 Å². The zero-order chi connectivity index (χ0) is 12.1. The molecule has 1 aromatic rings. The summed E-state index contributed by atoms with van der Waals surface area (Å²) in [4.78, 5) is 14.7. The fourth-order valence-electron chi connectivity index (χ4n) is 1.80. The first-order valence-electron chi connectivity index (χ1n) is 5.60. The number of hydrogen-bond acceptors (Lipinski definition) is 4. The first kappa shape index (κ1) is 12.0. The van der Waals surface area contributed by atoms with Gasteiger partial charge in [0.2, 0.25) is 0 Å². The van der Waals surface area contributed by atoms with Crippen molar-refractivity contribution >= 4 is 5.97 Å². The van der Waals surface area contributed by atoms with E-state index in [4.69, 9.17) is 14.6 Å². The van der Waals surface area contributed by atoms with Gasteiger partial charge in [0, 0.05) is 24.3 Å². The van der Waals surface area contributed by atoms with E-state index in [2.05, 4.69) is 4.98 Å². The Labute approximate surface area is 99.4 Å². The molecule has 2 rings (SSSR count). The van der Waals surface area contributed by atoms with Crippen molar-refractivity contribution in [2.75, 3.05) is 19.8 Å². The molecule has 0 radical (unpaired) electrons. The number of pyridine rings is 1. The summed E-state index contributed by atoms with van der Waals surface area (Å²) in [5.41, 5.74) is 0.675. The van der Waals surface area contributed by atoms with Gasteiger partial charge in [-0.05, 0) is 12.5 Å². The van der Waals surface area contributed by atoms with Crippen molar-refractivity contribution in [2.24, 2.45) is 5.92 Å². The third kappa shape index (κ3) is 3.25. The van der Waals surface area contributed by atoms with Gasteiger partial charge in [0.25, 0.3) is 0 Å². The van der Waals surface area contributed by atoms with Crippen molar-refractivity contribution in [1.82, 2.24) is 4.98 Å². The molecule has 0 bridgehead atoms. The molecule has 2 heterocycles. The maximum atomic E-state index is 10.9. The molecule has 0 saturated carbocycles. The maximum Gasteiger partial charge on any atom is 0.354 e. The lowest BCUT2D eigenvalue weighted by atomic mass is 10.1. The molecule has 92 valence electrons. The van der Waals surface area contributed by atoms with Crippen molar-refractivity contribution in [3.05, 3.63) is 29.6 Å². The van der Waals surface area contributed by atoms with E-state index in [1.54, 1.807) is 12.1 Å². The number of carboxylic acids is 1. The molecule has 1 saturated heterocycles. The van der Waals surface area contributed by atoms with Gasteiger partial charge >= 0.3 is 5.97 Å². The highest BCUT2D eigenvalue weighted by atomic mass is 16.5. The third-order valence-electron chi connectivity index (χ3n) is 2.73. The summed E-state index contributed by atoms with van der Waals surface area (Å²) >= 11 is 0. The van der Waals surface area contributed by atoms with Gasteiger partial charge in [-0.15, -0.1) is 0 Å². The van der Waals surface area contributed by atoms with E-state index < -0.39 is 5.97 Å². The average Bonchev–Trinajstić information content (AvgIpc) is 2.82. The lowest BCUT2D eigenvalue weighted by Gasteiger charge is -2.09. The second-order valence-electron chi connectivity index (χ2n) is 4.06. The van der Waals surface area contributed by atoms with E-state index in [0.29, 0.717) is 18.1 Å². The minimum atomic E-state index is -1.02.